The molecule has 0 unspecified atom stereocenters. The molecule has 5 rings (SSSR count). The average molecular weight is 416 g/mol. The van der Waals surface area contributed by atoms with Crippen molar-refractivity contribution in [2.24, 2.45) is 0 Å². The van der Waals surface area contributed by atoms with Gasteiger partial charge in [0.2, 0.25) is 0 Å². The third-order valence-electron chi connectivity index (χ3n) is 5.32. The van der Waals surface area contributed by atoms with Crippen molar-refractivity contribution in [2.45, 2.75) is 19.4 Å². The Bertz CT molecular complexity index is 1190. The fourth-order valence-corrected chi connectivity index (χ4v) is 4.40. The van der Waals surface area contributed by atoms with Gasteiger partial charge in [0.05, 0.1) is 5.52 Å². The van der Waals surface area contributed by atoms with Crippen molar-refractivity contribution in [3.63, 3.8) is 0 Å². The zero-order valence-corrected chi connectivity index (χ0v) is 17.2. The monoisotopic (exact) mass is 415 g/mol. The van der Waals surface area contributed by atoms with Crippen LogP contribution in [0.5, 0.6) is 0 Å². The van der Waals surface area contributed by atoms with Crippen LogP contribution >= 0.6 is 11.3 Å². The van der Waals surface area contributed by atoms with Gasteiger partial charge in [0.15, 0.2) is 5.13 Å². The van der Waals surface area contributed by atoms with Crippen LogP contribution in [0.4, 0.5) is 5.13 Å². The van der Waals surface area contributed by atoms with Crippen LogP contribution in [0.25, 0.3) is 22.0 Å². The summed E-state index contributed by atoms with van der Waals surface area (Å²) in [4.78, 5) is 28.4. The van der Waals surface area contributed by atoms with E-state index in [1.54, 1.807) is 12.3 Å². The average Bonchev–Trinajstić information content (AvgIpc) is 3.47. The van der Waals surface area contributed by atoms with Crippen LogP contribution in [0.3, 0.4) is 0 Å². The van der Waals surface area contributed by atoms with Crippen molar-refractivity contribution in [1.82, 2.24) is 19.9 Å². The minimum Gasteiger partial charge on any atom is -0.299 e. The number of amides is 1. The molecule has 150 valence electrons. The Morgan fingerprint density at radius 3 is 2.87 bits per heavy atom. The molecule has 1 fully saturated rings. The summed E-state index contributed by atoms with van der Waals surface area (Å²) < 4.78 is 0. The molecule has 1 saturated heterocycles. The molecule has 0 saturated carbocycles. The number of pyridine rings is 2. The Morgan fingerprint density at radius 2 is 2.03 bits per heavy atom. The minimum atomic E-state index is -0.262. The second-order valence-electron chi connectivity index (χ2n) is 7.43. The van der Waals surface area contributed by atoms with Gasteiger partial charge in [-0.25, -0.2) is 9.97 Å². The summed E-state index contributed by atoms with van der Waals surface area (Å²) in [5, 5.41) is 6.18. The van der Waals surface area contributed by atoms with Gasteiger partial charge in [0, 0.05) is 47.0 Å². The van der Waals surface area contributed by atoms with Crippen LogP contribution in [0.2, 0.25) is 0 Å². The van der Waals surface area contributed by atoms with Crippen molar-refractivity contribution in [3.8, 4) is 11.1 Å². The molecule has 0 radical (unpaired) electrons. The molecule has 1 aromatic carbocycles. The summed E-state index contributed by atoms with van der Waals surface area (Å²) in [7, 11) is 0. The van der Waals surface area contributed by atoms with Crippen molar-refractivity contribution in [3.05, 3.63) is 71.6 Å². The Hall–Kier alpha value is -3.16. The third-order valence-corrected chi connectivity index (χ3v) is 6.00. The van der Waals surface area contributed by atoms with Gasteiger partial charge in [0.1, 0.15) is 5.69 Å². The highest BCUT2D eigenvalue weighted by molar-refractivity contribution is 7.13. The molecule has 1 amide bonds. The molecule has 3 aromatic heterocycles. The maximum absolute atomic E-state index is 12.6. The first-order valence-corrected chi connectivity index (χ1v) is 10.9. The molecule has 1 aliphatic heterocycles. The highest BCUT2D eigenvalue weighted by atomic mass is 32.1. The van der Waals surface area contributed by atoms with Crippen LogP contribution in [0.15, 0.2) is 60.4 Å². The van der Waals surface area contributed by atoms with Crippen LogP contribution in [-0.4, -0.2) is 38.8 Å². The fourth-order valence-electron chi connectivity index (χ4n) is 3.87. The molecule has 1 aliphatic rings. The number of fused-ring (bicyclic) bond motifs is 1. The van der Waals surface area contributed by atoms with E-state index in [2.05, 4.69) is 26.3 Å². The lowest BCUT2D eigenvalue weighted by Gasteiger charge is -2.15. The van der Waals surface area contributed by atoms with E-state index in [0.717, 1.165) is 41.7 Å². The number of carbonyl (C=O) groups excluding carboxylic acids is 1. The molecule has 1 N–H and O–H groups in total. The number of rotatable bonds is 5. The maximum Gasteiger partial charge on any atom is 0.276 e. The number of anilines is 1. The second kappa shape index (κ2) is 8.30. The fraction of sp³-hybridized carbons (Fsp3) is 0.217. The summed E-state index contributed by atoms with van der Waals surface area (Å²) in [5.74, 6) is -0.262. The van der Waals surface area contributed by atoms with Gasteiger partial charge in [-0.2, -0.15) is 0 Å². The molecule has 0 bridgehead atoms. The second-order valence-corrected chi connectivity index (χ2v) is 8.32. The van der Waals surface area contributed by atoms with Gasteiger partial charge in [-0.3, -0.25) is 20.0 Å². The summed E-state index contributed by atoms with van der Waals surface area (Å²) in [6.07, 6.45) is 8.01. The summed E-state index contributed by atoms with van der Waals surface area (Å²) in [5.41, 5.74) is 4.36. The minimum absolute atomic E-state index is 0.262. The zero-order valence-electron chi connectivity index (χ0n) is 16.4. The zero-order chi connectivity index (χ0) is 20.3. The van der Waals surface area contributed by atoms with E-state index in [1.807, 2.05) is 42.0 Å². The molecular weight excluding hydrogens is 394 g/mol. The highest BCUT2D eigenvalue weighted by Crippen LogP contribution is 2.28. The molecule has 6 nitrogen and oxygen atoms in total. The predicted octanol–water partition coefficient (Wildman–Crippen LogP) is 4.60. The molecule has 0 spiro atoms. The standard InChI is InChI=1S/C23H21N5OS/c29-22(27-23-25-8-11-30-23)20-7-6-17-4-3-5-19(21(17)26-20)18-12-16(13-24-14-18)15-28-9-1-2-10-28/h3-8,11-14H,1-2,9-10,15H2,(H,25,27,29). The Labute approximate surface area is 178 Å². The van der Waals surface area contributed by atoms with Gasteiger partial charge in [-0.15, -0.1) is 11.3 Å². The van der Waals surface area contributed by atoms with E-state index in [1.165, 1.54) is 29.7 Å². The topological polar surface area (TPSA) is 71.0 Å². The summed E-state index contributed by atoms with van der Waals surface area (Å²) in [6, 6.07) is 11.9. The number of carbonyl (C=O) groups is 1. The van der Waals surface area contributed by atoms with Gasteiger partial charge >= 0.3 is 0 Å². The van der Waals surface area contributed by atoms with Crippen molar-refractivity contribution >= 4 is 33.3 Å². The van der Waals surface area contributed by atoms with Gasteiger partial charge < -0.3 is 0 Å². The van der Waals surface area contributed by atoms with Crippen LogP contribution in [0, 0.1) is 0 Å². The normalized spacial score (nSPS) is 14.3. The van der Waals surface area contributed by atoms with E-state index in [0.29, 0.717) is 10.8 Å². The lowest BCUT2D eigenvalue weighted by molar-refractivity contribution is 0.102. The van der Waals surface area contributed by atoms with Crippen molar-refractivity contribution in [1.29, 1.82) is 0 Å². The first-order chi connectivity index (χ1) is 14.8. The maximum atomic E-state index is 12.6. The van der Waals surface area contributed by atoms with Crippen LogP contribution < -0.4 is 5.32 Å². The van der Waals surface area contributed by atoms with Crippen LogP contribution in [-0.2, 0) is 6.54 Å². The molecule has 0 atom stereocenters. The Balaban J connectivity index is 1.49. The number of thiazole rings is 1. The van der Waals surface area contributed by atoms with Crippen molar-refractivity contribution < 1.29 is 4.79 Å². The number of likely N-dealkylation sites (tertiary alicyclic amines) is 1. The number of nitrogens with one attached hydrogen (secondary N) is 1. The number of nitrogens with zero attached hydrogens (tertiary/aromatic N) is 4. The number of benzene rings is 1. The van der Waals surface area contributed by atoms with Gasteiger partial charge in [-0.1, -0.05) is 24.3 Å². The van der Waals surface area contributed by atoms with Gasteiger partial charge in [0.25, 0.3) is 5.91 Å². The van der Waals surface area contributed by atoms with Crippen LogP contribution in [0.1, 0.15) is 28.9 Å². The molecular formula is C23H21N5OS. The summed E-state index contributed by atoms with van der Waals surface area (Å²) >= 11 is 1.38. The predicted molar refractivity (Wildman–Crippen MR) is 120 cm³/mol. The molecule has 4 aromatic rings. The third kappa shape index (κ3) is 3.94. The van der Waals surface area contributed by atoms with E-state index in [-0.39, 0.29) is 5.91 Å². The molecule has 7 heteroatoms. The quantitative estimate of drug-likeness (QED) is 0.516. The SMILES string of the molecule is O=C(Nc1nccs1)c1ccc2cccc(-c3cncc(CN4CCCC4)c3)c2n1. The van der Waals surface area contributed by atoms with E-state index in [9.17, 15) is 4.79 Å². The highest BCUT2D eigenvalue weighted by Gasteiger charge is 2.15. The molecule has 30 heavy (non-hydrogen) atoms. The Kier molecular flexibility index (Phi) is 5.21. The van der Waals surface area contributed by atoms with E-state index in [4.69, 9.17) is 4.98 Å². The number of hydrogen-bond donors (Lipinski definition) is 1. The first kappa shape index (κ1) is 18.8. The lowest BCUT2D eigenvalue weighted by Crippen LogP contribution is -2.18. The molecule has 4 heterocycles. The first-order valence-electron chi connectivity index (χ1n) is 10.0. The number of para-hydroxylation sites is 1. The summed E-state index contributed by atoms with van der Waals surface area (Å²) in [6.45, 7) is 3.22. The molecule has 0 aliphatic carbocycles. The smallest absolute Gasteiger partial charge is 0.276 e. The van der Waals surface area contributed by atoms with E-state index < -0.39 is 0 Å². The van der Waals surface area contributed by atoms with E-state index >= 15 is 0 Å². The van der Waals surface area contributed by atoms with Crippen molar-refractivity contribution in [2.75, 3.05) is 18.4 Å². The number of aromatic nitrogens is 3. The Morgan fingerprint density at radius 1 is 1.13 bits per heavy atom. The van der Waals surface area contributed by atoms with Gasteiger partial charge in [-0.05, 0) is 43.6 Å². The largest absolute Gasteiger partial charge is 0.299 e. The number of hydrogen-bond acceptors (Lipinski definition) is 6. The lowest BCUT2D eigenvalue weighted by atomic mass is 10.0.